The molecule has 2 aliphatic heterocycles. The lowest BCUT2D eigenvalue weighted by Crippen LogP contribution is -2.61. The highest BCUT2D eigenvalue weighted by Gasteiger charge is 2.43. The largest absolute Gasteiger partial charge is 0.461 e. The summed E-state index contributed by atoms with van der Waals surface area (Å²) in [4.78, 5) is 37.7. The molecule has 0 aliphatic carbocycles. The van der Waals surface area contributed by atoms with Crippen molar-refractivity contribution < 1.29 is 19.1 Å². The van der Waals surface area contributed by atoms with Gasteiger partial charge in [-0.3, -0.25) is 14.4 Å². The van der Waals surface area contributed by atoms with Gasteiger partial charge in [-0.1, -0.05) is 30.3 Å². The van der Waals surface area contributed by atoms with Crippen LogP contribution in [-0.4, -0.2) is 41.3 Å². The van der Waals surface area contributed by atoms with E-state index in [9.17, 15) is 14.4 Å². The average Bonchev–Trinajstić information content (AvgIpc) is 3.02. The molecular weight excluding hydrogens is 284 g/mol. The minimum atomic E-state index is -0.801. The molecule has 1 N–H and O–H groups in total. The molecule has 2 aliphatic rings. The van der Waals surface area contributed by atoms with Gasteiger partial charge in [0.1, 0.15) is 18.7 Å². The molecule has 3 rings (SSSR count). The quantitative estimate of drug-likeness (QED) is 0.827. The smallest absolute Gasteiger partial charge is 0.308 e. The minimum absolute atomic E-state index is 0.124. The SMILES string of the molecule is O=C(C[C@H]1NC(=O)[C@@H]2CCCN2C1=O)OCc1ccccc1. The monoisotopic (exact) mass is 302 g/mol. The molecule has 0 bridgehead atoms. The molecule has 22 heavy (non-hydrogen) atoms. The summed E-state index contributed by atoms with van der Waals surface area (Å²) in [5, 5.41) is 2.64. The fraction of sp³-hybridized carbons (Fsp3) is 0.438. The van der Waals surface area contributed by atoms with E-state index in [0.717, 1.165) is 12.0 Å². The summed E-state index contributed by atoms with van der Waals surface area (Å²) in [6.07, 6.45) is 1.40. The predicted molar refractivity (Wildman–Crippen MR) is 77.5 cm³/mol. The van der Waals surface area contributed by atoms with E-state index >= 15 is 0 Å². The Kier molecular flexibility index (Phi) is 4.09. The summed E-state index contributed by atoms with van der Waals surface area (Å²) in [6.45, 7) is 0.757. The van der Waals surface area contributed by atoms with Crippen molar-refractivity contribution in [1.82, 2.24) is 10.2 Å². The van der Waals surface area contributed by atoms with Gasteiger partial charge in [0.2, 0.25) is 11.8 Å². The molecule has 116 valence electrons. The van der Waals surface area contributed by atoms with Crippen LogP contribution < -0.4 is 5.32 Å². The maximum atomic E-state index is 12.3. The number of esters is 1. The number of benzene rings is 1. The Morgan fingerprint density at radius 3 is 2.82 bits per heavy atom. The van der Waals surface area contributed by atoms with Crippen LogP contribution in [0.2, 0.25) is 0 Å². The number of hydrogen-bond donors (Lipinski definition) is 1. The van der Waals surface area contributed by atoms with E-state index in [4.69, 9.17) is 4.74 Å². The van der Waals surface area contributed by atoms with E-state index in [0.29, 0.717) is 13.0 Å². The summed E-state index contributed by atoms with van der Waals surface area (Å²) in [5.41, 5.74) is 0.884. The van der Waals surface area contributed by atoms with Crippen molar-refractivity contribution in [3.8, 4) is 0 Å². The van der Waals surface area contributed by atoms with Crippen molar-refractivity contribution in [2.24, 2.45) is 0 Å². The summed E-state index contributed by atoms with van der Waals surface area (Å²) in [6, 6.07) is 8.16. The molecule has 6 nitrogen and oxygen atoms in total. The number of fused-ring (bicyclic) bond motifs is 1. The van der Waals surface area contributed by atoms with E-state index < -0.39 is 12.0 Å². The number of carbonyl (C=O) groups excluding carboxylic acids is 3. The number of nitrogens with one attached hydrogen (secondary N) is 1. The van der Waals surface area contributed by atoms with Crippen molar-refractivity contribution >= 4 is 17.8 Å². The predicted octanol–water partition coefficient (Wildman–Crippen LogP) is 0.609. The maximum absolute atomic E-state index is 12.3. The normalized spacial score (nSPS) is 23.9. The van der Waals surface area contributed by atoms with Gasteiger partial charge < -0.3 is 15.0 Å². The number of hydrogen-bond acceptors (Lipinski definition) is 4. The summed E-state index contributed by atoms with van der Waals surface area (Å²) in [7, 11) is 0. The first-order valence-corrected chi connectivity index (χ1v) is 7.45. The number of ether oxygens (including phenoxy) is 1. The summed E-state index contributed by atoms with van der Waals surface area (Å²) in [5.74, 6) is -0.836. The van der Waals surface area contributed by atoms with Crippen LogP contribution in [0.15, 0.2) is 30.3 Å². The fourth-order valence-electron chi connectivity index (χ4n) is 2.93. The second-order valence-corrected chi connectivity index (χ2v) is 5.60. The minimum Gasteiger partial charge on any atom is -0.461 e. The van der Waals surface area contributed by atoms with Gasteiger partial charge in [0.15, 0.2) is 0 Å². The Labute approximate surface area is 128 Å². The van der Waals surface area contributed by atoms with E-state index in [1.165, 1.54) is 0 Å². The van der Waals surface area contributed by atoms with Gasteiger partial charge >= 0.3 is 5.97 Å². The lowest BCUT2D eigenvalue weighted by atomic mass is 10.1. The molecule has 6 heteroatoms. The average molecular weight is 302 g/mol. The zero-order valence-corrected chi connectivity index (χ0v) is 12.2. The summed E-state index contributed by atoms with van der Waals surface area (Å²) >= 11 is 0. The van der Waals surface area contributed by atoms with Crippen LogP contribution in [0.1, 0.15) is 24.8 Å². The van der Waals surface area contributed by atoms with Crippen molar-refractivity contribution in [1.29, 1.82) is 0 Å². The van der Waals surface area contributed by atoms with Crippen LogP contribution in [0.25, 0.3) is 0 Å². The molecule has 0 radical (unpaired) electrons. The number of rotatable bonds is 4. The van der Waals surface area contributed by atoms with Gasteiger partial charge in [-0.2, -0.15) is 0 Å². The molecular formula is C16H18N2O4. The van der Waals surface area contributed by atoms with Gasteiger partial charge in [-0.05, 0) is 18.4 Å². The van der Waals surface area contributed by atoms with E-state index in [-0.39, 0.29) is 30.9 Å². The molecule has 0 spiro atoms. The fourth-order valence-corrected chi connectivity index (χ4v) is 2.93. The van der Waals surface area contributed by atoms with E-state index in [1.54, 1.807) is 4.90 Å². The van der Waals surface area contributed by atoms with Crippen molar-refractivity contribution in [3.05, 3.63) is 35.9 Å². The number of nitrogens with zero attached hydrogens (tertiary/aromatic N) is 1. The van der Waals surface area contributed by atoms with Crippen LogP contribution in [0, 0.1) is 0 Å². The first-order chi connectivity index (χ1) is 10.6. The highest BCUT2D eigenvalue weighted by atomic mass is 16.5. The first kappa shape index (κ1) is 14.6. The molecule has 2 saturated heterocycles. The van der Waals surface area contributed by atoms with Gasteiger partial charge in [0, 0.05) is 6.54 Å². The Hall–Kier alpha value is -2.37. The third kappa shape index (κ3) is 2.95. The summed E-state index contributed by atoms with van der Waals surface area (Å²) < 4.78 is 5.16. The third-order valence-electron chi connectivity index (χ3n) is 4.07. The maximum Gasteiger partial charge on any atom is 0.308 e. The first-order valence-electron chi connectivity index (χ1n) is 7.45. The van der Waals surface area contributed by atoms with E-state index in [2.05, 4.69) is 5.32 Å². The zero-order valence-electron chi connectivity index (χ0n) is 12.2. The molecule has 2 fully saturated rings. The standard InChI is InChI=1S/C16H18N2O4/c19-14(22-10-11-5-2-1-3-6-11)9-12-16(21)18-8-4-7-13(18)15(20)17-12/h1-3,5-6,12-13H,4,7-10H2,(H,17,20)/t12-,13+/m1/s1. The van der Waals surface area contributed by atoms with Gasteiger partial charge in [0.25, 0.3) is 0 Å². The van der Waals surface area contributed by atoms with Crippen molar-refractivity contribution in [2.45, 2.75) is 38.0 Å². The zero-order chi connectivity index (χ0) is 15.5. The Balaban J connectivity index is 1.55. The topological polar surface area (TPSA) is 75.7 Å². The van der Waals surface area contributed by atoms with Gasteiger partial charge in [0.05, 0.1) is 6.42 Å². The number of amides is 2. The van der Waals surface area contributed by atoms with E-state index in [1.807, 2.05) is 30.3 Å². The molecule has 2 heterocycles. The highest BCUT2D eigenvalue weighted by Crippen LogP contribution is 2.23. The lowest BCUT2D eigenvalue weighted by molar-refractivity contribution is -0.153. The Morgan fingerprint density at radius 2 is 2.05 bits per heavy atom. The van der Waals surface area contributed by atoms with Crippen LogP contribution in [-0.2, 0) is 25.7 Å². The molecule has 1 aromatic rings. The second kappa shape index (κ2) is 6.17. The van der Waals surface area contributed by atoms with Gasteiger partial charge in [-0.15, -0.1) is 0 Å². The van der Waals surface area contributed by atoms with Crippen LogP contribution in [0.3, 0.4) is 0 Å². The number of carbonyl (C=O) groups is 3. The lowest BCUT2D eigenvalue weighted by Gasteiger charge is -2.34. The number of piperazine rings is 1. The molecule has 2 amide bonds. The molecule has 0 unspecified atom stereocenters. The third-order valence-corrected chi connectivity index (χ3v) is 4.07. The molecule has 0 aromatic heterocycles. The van der Waals surface area contributed by atoms with Crippen LogP contribution in [0.4, 0.5) is 0 Å². The van der Waals surface area contributed by atoms with Crippen molar-refractivity contribution in [2.75, 3.05) is 6.54 Å². The molecule has 1 aromatic carbocycles. The van der Waals surface area contributed by atoms with Crippen LogP contribution >= 0.6 is 0 Å². The molecule has 2 atom stereocenters. The Morgan fingerprint density at radius 1 is 1.27 bits per heavy atom. The highest BCUT2D eigenvalue weighted by molar-refractivity contribution is 5.99. The second-order valence-electron chi connectivity index (χ2n) is 5.60. The molecule has 0 saturated carbocycles. The Bertz CT molecular complexity index is 587. The van der Waals surface area contributed by atoms with Gasteiger partial charge in [-0.25, -0.2) is 0 Å². The van der Waals surface area contributed by atoms with Crippen LogP contribution in [0.5, 0.6) is 0 Å². The van der Waals surface area contributed by atoms with Crippen molar-refractivity contribution in [3.63, 3.8) is 0 Å².